The van der Waals surface area contributed by atoms with Crippen LogP contribution in [0.15, 0.2) is 18.2 Å². The van der Waals surface area contributed by atoms with E-state index < -0.39 is 23.6 Å². The minimum Gasteiger partial charge on any atom is -0.329 e. The second kappa shape index (κ2) is 6.32. The average Bonchev–Trinajstić information content (AvgIpc) is 3.23. The standard InChI is InChI=1S/C15H20F4N2/c1-9(10-2-3-10)8-21-14(7-20)11-4-5-13(16)12(6-11)15(17,18)19/h4-6,9-10,14,21H,2-3,7-8,20H2,1H3. The highest BCUT2D eigenvalue weighted by Crippen LogP contribution is 2.36. The lowest BCUT2D eigenvalue weighted by Crippen LogP contribution is -2.32. The highest BCUT2D eigenvalue weighted by atomic mass is 19.4. The lowest BCUT2D eigenvalue weighted by Gasteiger charge is -2.21. The van der Waals surface area contributed by atoms with Gasteiger partial charge in [-0.05, 0) is 48.9 Å². The summed E-state index contributed by atoms with van der Waals surface area (Å²) in [7, 11) is 0. The Kier molecular flexibility index (Phi) is 4.88. The van der Waals surface area contributed by atoms with Crippen molar-refractivity contribution in [3.05, 3.63) is 35.1 Å². The highest BCUT2D eigenvalue weighted by molar-refractivity contribution is 5.29. The Morgan fingerprint density at radius 1 is 1.33 bits per heavy atom. The molecule has 1 aromatic carbocycles. The van der Waals surface area contributed by atoms with Gasteiger partial charge >= 0.3 is 6.18 Å². The number of rotatable bonds is 6. The third-order valence-electron chi connectivity index (χ3n) is 4.05. The highest BCUT2D eigenvalue weighted by Gasteiger charge is 2.34. The molecular formula is C15H20F4N2. The molecule has 6 heteroatoms. The van der Waals surface area contributed by atoms with Crippen molar-refractivity contribution in [3.63, 3.8) is 0 Å². The van der Waals surface area contributed by atoms with Crippen molar-refractivity contribution in [2.45, 2.75) is 32.0 Å². The summed E-state index contributed by atoms with van der Waals surface area (Å²) in [6, 6.07) is 2.67. The first-order chi connectivity index (χ1) is 9.82. The molecule has 0 heterocycles. The molecule has 1 aliphatic rings. The van der Waals surface area contributed by atoms with Gasteiger partial charge in [-0.3, -0.25) is 0 Å². The topological polar surface area (TPSA) is 38.0 Å². The predicted octanol–water partition coefficient (Wildman–Crippen LogP) is 3.48. The Morgan fingerprint density at radius 3 is 2.52 bits per heavy atom. The first kappa shape index (κ1) is 16.2. The van der Waals surface area contributed by atoms with Gasteiger partial charge in [-0.2, -0.15) is 13.2 Å². The molecule has 0 aromatic heterocycles. The summed E-state index contributed by atoms with van der Waals surface area (Å²) in [6.45, 7) is 2.98. The van der Waals surface area contributed by atoms with Crippen LogP contribution < -0.4 is 11.1 Å². The van der Waals surface area contributed by atoms with Crippen LogP contribution in [0.4, 0.5) is 17.6 Å². The lowest BCUT2D eigenvalue weighted by atomic mass is 10.0. The fourth-order valence-electron chi connectivity index (χ4n) is 2.47. The molecule has 0 amide bonds. The quantitative estimate of drug-likeness (QED) is 0.790. The van der Waals surface area contributed by atoms with Crippen LogP contribution in [0, 0.1) is 17.7 Å². The molecule has 3 N–H and O–H groups in total. The number of alkyl halides is 3. The summed E-state index contributed by atoms with van der Waals surface area (Å²) < 4.78 is 51.5. The van der Waals surface area contributed by atoms with Crippen molar-refractivity contribution in [2.24, 2.45) is 17.6 Å². The molecule has 2 nitrogen and oxygen atoms in total. The van der Waals surface area contributed by atoms with Gasteiger partial charge < -0.3 is 11.1 Å². The van der Waals surface area contributed by atoms with Gasteiger partial charge in [0.05, 0.1) is 5.56 Å². The SMILES string of the molecule is CC(CNC(CN)c1ccc(F)c(C(F)(F)F)c1)C1CC1. The van der Waals surface area contributed by atoms with E-state index in [2.05, 4.69) is 12.2 Å². The van der Waals surface area contributed by atoms with Crippen LogP contribution >= 0.6 is 0 Å². The number of hydrogen-bond donors (Lipinski definition) is 2. The summed E-state index contributed by atoms with van der Waals surface area (Å²) >= 11 is 0. The molecule has 0 spiro atoms. The van der Waals surface area contributed by atoms with Crippen molar-refractivity contribution >= 4 is 0 Å². The van der Waals surface area contributed by atoms with Gasteiger partial charge in [-0.15, -0.1) is 0 Å². The van der Waals surface area contributed by atoms with Gasteiger partial charge in [0.25, 0.3) is 0 Å². The Balaban J connectivity index is 2.10. The Labute approximate surface area is 121 Å². The molecule has 1 saturated carbocycles. The summed E-state index contributed by atoms with van der Waals surface area (Å²) in [5.41, 5.74) is 4.77. The summed E-state index contributed by atoms with van der Waals surface area (Å²) in [4.78, 5) is 0. The van der Waals surface area contributed by atoms with Crippen LogP contribution in [0.1, 0.15) is 36.9 Å². The van der Waals surface area contributed by atoms with E-state index in [0.29, 0.717) is 23.9 Å². The maximum atomic E-state index is 13.3. The molecule has 0 bridgehead atoms. The van der Waals surface area contributed by atoms with Crippen LogP contribution in [0.2, 0.25) is 0 Å². The molecule has 2 atom stereocenters. The monoisotopic (exact) mass is 304 g/mol. The van der Waals surface area contributed by atoms with Crippen LogP contribution in [0.5, 0.6) is 0 Å². The van der Waals surface area contributed by atoms with E-state index in [1.807, 2.05) is 0 Å². The Bertz CT molecular complexity index is 483. The molecule has 0 saturated heterocycles. The van der Waals surface area contributed by atoms with Gasteiger partial charge in [-0.25, -0.2) is 4.39 Å². The van der Waals surface area contributed by atoms with Crippen LogP contribution in [-0.2, 0) is 6.18 Å². The third kappa shape index (κ3) is 4.17. The van der Waals surface area contributed by atoms with Gasteiger partial charge in [0.1, 0.15) is 5.82 Å². The van der Waals surface area contributed by atoms with E-state index in [-0.39, 0.29) is 6.54 Å². The van der Waals surface area contributed by atoms with Crippen LogP contribution in [0.25, 0.3) is 0 Å². The molecule has 1 aliphatic carbocycles. The number of benzene rings is 1. The van der Waals surface area contributed by atoms with E-state index in [1.54, 1.807) is 0 Å². The predicted molar refractivity (Wildman–Crippen MR) is 73.1 cm³/mol. The molecular weight excluding hydrogens is 284 g/mol. The molecule has 118 valence electrons. The number of nitrogens with one attached hydrogen (secondary N) is 1. The maximum absolute atomic E-state index is 13.3. The van der Waals surface area contributed by atoms with E-state index in [1.165, 1.54) is 18.9 Å². The fraction of sp³-hybridized carbons (Fsp3) is 0.600. The molecule has 21 heavy (non-hydrogen) atoms. The normalized spacial score (nSPS) is 18.6. The van der Waals surface area contributed by atoms with Gasteiger partial charge in [0.15, 0.2) is 0 Å². The number of nitrogens with two attached hydrogens (primary N) is 1. The number of hydrogen-bond acceptors (Lipinski definition) is 2. The van der Waals surface area contributed by atoms with Gasteiger partial charge in [-0.1, -0.05) is 13.0 Å². The van der Waals surface area contributed by atoms with Gasteiger partial charge in [0, 0.05) is 12.6 Å². The van der Waals surface area contributed by atoms with Crippen molar-refractivity contribution in [2.75, 3.05) is 13.1 Å². The summed E-state index contributed by atoms with van der Waals surface area (Å²) in [5.74, 6) is -0.0789. The molecule has 1 aromatic rings. The van der Waals surface area contributed by atoms with Crippen molar-refractivity contribution in [1.29, 1.82) is 0 Å². The molecule has 0 aliphatic heterocycles. The lowest BCUT2D eigenvalue weighted by molar-refractivity contribution is -0.140. The molecule has 1 fully saturated rings. The molecule has 2 unspecified atom stereocenters. The van der Waals surface area contributed by atoms with Crippen molar-refractivity contribution < 1.29 is 17.6 Å². The first-order valence-electron chi connectivity index (χ1n) is 7.13. The summed E-state index contributed by atoms with van der Waals surface area (Å²) in [6.07, 6.45) is -2.27. The van der Waals surface area contributed by atoms with Crippen LogP contribution in [0.3, 0.4) is 0 Å². The van der Waals surface area contributed by atoms with Gasteiger partial charge in [0.2, 0.25) is 0 Å². The van der Waals surface area contributed by atoms with E-state index in [4.69, 9.17) is 5.73 Å². The Hall–Kier alpha value is -1.14. The van der Waals surface area contributed by atoms with E-state index in [0.717, 1.165) is 12.1 Å². The van der Waals surface area contributed by atoms with Crippen LogP contribution in [-0.4, -0.2) is 13.1 Å². The molecule has 0 radical (unpaired) electrons. The smallest absolute Gasteiger partial charge is 0.329 e. The molecule has 2 rings (SSSR count). The average molecular weight is 304 g/mol. The second-order valence-electron chi connectivity index (χ2n) is 5.75. The first-order valence-corrected chi connectivity index (χ1v) is 7.13. The largest absolute Gasteiger partial charge is 0.419 e. The zero-order valence-electron chi connectivity index (χ0n) is 11.9. The number of halogens is 4. The van der Waals surface area contributed by atoms with Crippen molar-refractivity contribution in [1.82, 2.24) is 5.32 Å². The van der Waals surface area contributed by atoms with E-state index in [9.17, 15) is 17.6 Å². The maximum Gasteiger partial charge on any atom is 0.419 e. The zero-order valence-corrected chi connectivity index (χ0v) is 11.9. The zero-order chi connectivity index (χ0) is 15.6. The third-order valence-corrected chi connectivity index (χ3v) is 4.05. The Morgan fingerprint density at radius 2 is 2.00 bits per heavy atom. The second-order valence-corrected chi connectivity index (χ2v) is 5.75. The minimum atomic E-state index is -4.69. The van der Waals surface area contributed by atoms with E-state index >= 15 is 0 Å². The summed E-state index contributed by atoms with van der Waals surface area (Å²) in [5, 5.41) is 3.19. The van der Waals surface area contributed by atoms with Crippen molar-refractivity contribution in [3.8, 4) is 0 Å². The minimum absolute atomic E-state index is 0.167. The fourth-order valence-corrected chi connectivity index (χ4v) is 2.47.